The van der Waals surface area contributed by atoms with Crippen LogP contribution in [0.5, 0.6) is 0 Å². The summed E-state index contributed by atoms with van der Waals surface area (Å²) in [5.41, 5.74) is 0. The average molecular weight is 463 g/mol. The van der Waals surface area contributed by atoms with E-state index in [4.69, 9.17) is 0 Å². The van der Waals surface area contributed by atoms with Crippen LogP contribution >= 0.6 is 35.7 Å². The highest BCUT2D eigenvalue weighted by atomic mass is 127. The molecular formula is C14H30IN3O2S2. The number of hydrogen-bond acceptors (Lipinski definition) is 4. The Kier molecular flexibility index (Phi) is 9.08. The van der Waals surface area contributed by atoms with Crippen molar-refractivity contribution < 1.29 is 8.42 Å². The summed E-state index contributed by atoms with van der Waals surface area (Å²) in [7, 11) is -1.39. The fraction of sp³-hybridized carbons (Fsp3) is 0.929. The lowest BCUT2D eigenvalue weighted by Crippen LogP contribution is -2.45. The van der Waals surface area contributed by atoms with Gasteiger partial charge in [-0.2, -0.15) is 11.8 Å². The predicted octanol–water partition coefficient (Wildman–Crippen LogP) is 2.27. The Balaban J connectivity index is 0.00000441. The fourth-order valence-corrected chi connectivity index (χ4v) is 4.31. The number of thioether (sulfide) groups is 1. The summed E-state index contributed by atoms with van der Waals surface area (Å²) in [5.74, 6) is 2.00. The van der Waals surface area contributed by atoms with E-state index in [1.54, 1.807) is 27.8 Å². The van der Waals surface area contributed by atoms with Gasteiger partial charge in [0.2, 0.25) is 0 Å². The molecule has 0 aromatic heterocycles. The summed E-state index contributed by atoms with van der Waals surface area (Å²) in [4.78, 5) is 4.15. The summed E-state index contributed by atoms with van der Waals surface area (Å²) in [6.45, 7) is 8.68. The molecule has 1 saturated heterocycles. The first-order valence-corrected chi connectivity index (χ1v) is 10.0. The van der Waals surface area contributed by atoms with Crippen molar-refractivity contribution in [3.05, 3.63) is 0 Å². The minimum absolute atomic E-state index is 0. The highest BCUT2D eigenvalue weighted by molar-refractivity contribution is 14.0. The van der Waals surface area contributed by atoms with Gasteiger partial charge in [-0.25, -0.2) is 8.42 Å². The van der Waals surface area contributed by atoms with E-state index in [-0.39, 0.29) is 34.5 Å². The lowest BCUT2D eigenvalue weighted by atomic mass is 10.1. The standard InChI is InChI=1S/C14H29N3O2S2.HI/c1-13(2,3)21(18,19)10-8-16-12(15-5)17-11-14(4)7-6-9-20-14;/h6-11H2,1-5H3,(H2,15,16,17);1H. The maximum Gasteiger partial charge on any atom is 0.191 e. The van der Waals surface area contributed by atoms with Gasteiger partial charge in [-0.05, 0) is 46.3 Å². The number of nitrogens with zero attached hydrogens (tertiary/aromatic N) is 1. The lowest BCUT2D eigenvalue weighted by Gasteiger charge is -2.24. The average Bonchev–Trinajstić information content (AvgIpc) is 2.79. The molecule has 0 aromatic rings. The molecule has 1 aliphatic rings. The van der Waals surface area contributed by atoms with Crippen molar-refractivity contribution in [1.82, 2.24) is 10.6 Å². The van der Waals surface area contributed by atoms with E-state index in [2.05, 4.69) is 22.5 Å². The van der Waals surface area contributed by atoms with E-state index in [0.29, 0.717) is 12.5 Å². The van der Waals surface area contributed by atoms with Crippen molar-refractivity contribution in [2.24, 2.45) is 4.99 Å². The maximum atomic E-state index is 12.0. The molecule has 132 valence electrons. The molecule has 1 atom stereocenters. The second-order valence-electron chi connectivity index (χ2n) is 6.69. The molecule has 8 heteroatoms. The molecule has 1 rings (SSSR count). The molecule has 22 heavy (non-hydrogen) atoms. The summed E-state index contributed by atoms with van der Waals surface area (Å²) < 4.78 is 23.6. The largest absolute Gasteiger partial charge is 0.355 e. The molecule has 0 saturated carbocycles. The zero-order valence-corrected chi connectivity index (χ0v) is 18.2. The lowest BCUT2D eigenvalue weighted by molar-refractivity contribution is 0.558. The van der Waals surface area contributed by atoms with Gasteiger partial charge in [-0.3, -0.25) is 4.99 Å². The molecule has 0 aromatic carbocycles. The second kappa shape index (κ2) is 8.96. The molecule has 1 heterocycles. The van der Waals surface area contributed by atoms with Crippen LogP contribution in [0.1, 0.15) is 40.5 Å². The van der Waals surface area contributed by atoms with E-state index in [1.165, 1.54) is 18.6 Å². The van der Waals surface area contributed by atoms with Gasteiger partial charge in [0.15, 0.2) is 15.8 Å². The zero-order valence-electron chi connectivity index (χ0n) is 14.2. The van der Waals surface area contributed by atoms with Gasteiger partial charge in [-0.15, -0.1) is 24.0 Å². The van der Waals surface area contributed by atoms with Crippen molar-refractivity contribution in [3.8, 4) is 0 Å². The summed E-state index contributed by atoms with van der Waals surface area (Å²) in [6, 6.07) is 0. The van der Waals surface area contributed by atoms with Crippen LogP contribution < -0.4 is 10.6 Å². The van der Waals surface area contributed by atoms with Crippen molar-refractivity contribution >= 4 is 51.5 Å². The van der Waals surface area contributed by atoms with Crippen molar-refractivity contribution in [1.29, 1.82) is 0 Å². The van der Waals surface area contributed by atoms with Crippen LogP contribution in [0.2, 0.25) is 0 Å². The third-order valence-corrected chi connectivity index (χ3v) is 7.90. The quantitative estimate of drug-likeness (QED) is 0.372. The summed E-state index contributed by atoms with van der Waals surface area (Å²) in [5, 5.41) is 6.39. The van der Waals surface area contributed by atoms with Crippen LogP contribution in [0.4, 0.5) is 0 Å². The molecule has 2 N–H and O–H groups in total. The van der Waals surface area contributed by atoms with Gasteiger partial charge < -0.3 is 10.6 Å². The molecule has 0 bridgehead atoms. The second-order valence-corrected chi connectivity index (χ2v) is 11.2. The molecule has 5 nitrogen and oxygen atoms in total. The van der Waals surface area contributed by atoms with Gasteiger partial charge in [0.05, 0.1) is 10.5 Å². The smallest absolute Gasteiger partial charge is 0.191 e. The normalized spacial score (nSPS) is 23.0. The first-order chi connectivity index (χ1) is 9.60. The van der Waals surface area contributed by atoms with Gasteiger partial charge in [-0.1, -0.05) is 0 Å². The first-order valence-electron chi connectivity index (χ1n) is 7.40. The van der Waals surface area contributed by atoms with Crippen molar-refractivity contribution in [2.75, 3.05) is 31.6 Å². The molecule has 0 radical (unpaired) electrons. The van der Waals surface area contributed by atoms with Gasteiger partial charge >= 0.3 is 0 Å². The minimum atomic E-state index is -3.09. The molecule has 1 aliphatic heterocycles. The number of hydrogen-bond donors (Lipinski definition) is 2. The summed E-state index contributed by atoms with van der Waals surface area (Å²) >= 11 is 1.99. The first kappa shape index (κ1) is 22.3. The zero-order chi connectivity index (χ0) is 16.1. The predicted molar refractivity (Wildman–Crippen MR) is 108 cm³/mol. The van der Waals surface area contributed by atoms with Gasteiger partial charge in [0, 0.05) is 24.9 Å². The van der Waals surface area contributed by atoms with Gasteiger partial charge in [0.25, 0.3) is 0 Å². The Morgan fingerprint density at radius 1 is 1.32 bits per heavy atom. The number of rotatable bonds is 5. The van der Waals surface area contributed by atoms with E-state index < -0.39 is 14.6 Å². The van der Waals surface area contributed by atoms with Crippen LogP contribution in [0, 0.1) is 0 Å². The number of sulfone groups is 1. The number of nitrogens with one attached hydrogen (secondary N) is 2. The fourth-order valence-electron chi connectivity index (χ4n) is 2.08. The highest BCUT2D eigenvalue weighted by Gasteiger charge is 2.30. The van der Waals surface area contributed by atoms with E-state index >= 15 is 0 Å². The van der Waals surface area contributed by atoms with Crippen LogP contribution in [0.25, 0.3) is 0 Å². The van der Waals surface area contributed by atoms with E-state index in [1.807, 2.05) is 11.8 Å². The monoisotopic (exact) mass is 463 g/mol. The van der Waals surface area contributed by atoms with Crippen LogP contribution in [-0.4, -0.2) is 55.5 Å². The number of guanidine groups is 1. The summed E-state index contributed by atoms with van der Waals surface area (Å²) in [6.07, 6.45) is 2.47. The van der Waals surface area contributed by atoms with E-state index in [0.717, 1.165) is 6.54 Å². The molecular weight excluding hydrogens is 433 g/mol. The van der Waals surface area contributed by atoms with Crippen molar-refractivity contribution in [2.45, 2.75) is 50.0 Å². The Morgan fingerprint density at radius 3 is 2.41 bits per heavy atom. The van der Waals surface area contributed by atoms with Crippen LogP contribution in [0.3, 0.4) is 0 Å². The molecule has 0 spiro atoms. The van der Waals surface area contributed by atoms with Crippen LogP contribution in [-0.2, 0) is 9.84 Å². The SMILES string of the molecule is CN=C(NCCS(=O)(=O)C(C)(C)C)NCC1(C)CCCS1.I. The van der Waals surface area contributed by atoms with Crippen molar-refractivity contribution in [3.63, 3.8) is 0 Å². The Bertz CT molecular complexity index is 467. The topological polar surface area (TPSA) is 70.6 Å². The molecule has 0 amide bonds. The number of halogens is 1. The highest BCUT2D eigenvalue weighted by Crippen LogP contribution is 2.36. The maximum absolute atomic E-state index is 12.0. The Labute approximate surface area is 156 Å². The Morgan fingerprint density at radius 2 is 1.95 bits per heavy atom. The number of aliphatic imine (C=N–C) groups is 1. The third kappa shape index (κ3) is 6.82. The van der Waals surface area contributed by atoms with Crippen LogP contribution in [0.15, 0.2) is 4.99 Å². The molecule has 1 unspecified atom stereocenters. The van der Waals surface area contributed by atoms with Gasteiger partial charge in [0.1, 0.15) is 0 Å². The minimum Gasteiger partial charge on any atom is -0.355 e. The van der Waals surface area contributed by atoms with E-state index in [9.17, 15) is 8.42 Å². The molecule has 0 aliphatic carbocycles. The molecule has 1 fully saturated rings. The third-order valence-electron chi connectivity index (χ3n) is 3.75. The Hall–Kier alpha value is 0.300.